The van der Waals surface area contributed by atoms with Gasteiger partial charge in [0.15, 0.2) is 0 Å². The zero-order valence-electron chi connectivity index (χ0n) is 11.0. The van der Waals surface area contributed by atoms with Gasteiger partial charge in [0.2, 0.25) is 0 Å². The SMILES string of the molecule is CCCCC1=NCN([C@@H](CO)c2ccccc2)C1. The molecule has 1 aromatic rings. The number of nitrogens with zero attached hydrogens (tertiary/aromatic N) is 2. The quantitative estimate of drug-likeness (QED) is 0.837. The van der Waals surface area contributed by atoms with Crippen molar-refractivity contribution in [3.8, 4) is 0 Å². The van der Waals surface area contributed by atoms with Crippen LogP contribution >= 0.6 is 0 Å². The topological polar surface area (TPSA) is 35.8 Å². The van der Waals surface area contributed by atoms with E-state index in [4.69, 9.17) is 0 Å². The maximum atomic E-state index is 9.61. The van der Waals surface area contributed by atoms with E-state index in [-0.39, 0.29) is 12.6 Å². The minimum absolute atomic E-state index is 0.0778. The fourth-order valence-electron chi connectivity index (χ4n) is 2.38. The summed E-state index contributed by atoms with van der Waals surface area (Å²) in [5.74, 6) is 0. The molecule has 2 rings (SSSR count). The molecule has 3 heteroatoms. The Morgan fingerprint density at radius 2 is 2.11 bits per heavy atom. The van der Waals surface area contributed by atoms with Crippen LogP contribution in [0, 0.1) is 0 Å². The Hall–Kier alpha value is -1.19. The summed E-state index contributed by atoms with van der Waals surface area (Å²) in [6, 6.07) is 10.3. The van der Waals surface area contributed by atoms with Crippen molar-refractivity contribution in [1.82, 2.24) is 4.90 Å². The predicted molar refractivity (Wildman–Crippen MR) is 74.8 cm³/mol. The molecule has 0 fully saturated rings. The van der Waals surface area contributed by atoms with E-state index in [0.29, 0.717) is 0 Å². The maximum Gasteiger partial charge on any atom is 0.0918 e. The molecule has 3 nitrogen and oxygen atoms in total. The number of aliphatic imine (C=N–C) groups is 1. The molecule has 0 saturated heterocycles. The molecule has 18 heavy (non-hydrogen) atoms. The third-order valence-corrected chi connectivity index (χ3v) is 3.48. The first-order chi connectivity index (χ1) is 8.85. The van der Waals surface area contributed by atoms with Crippen LogP contribution in [0.25, 0.3) is 0 Å². The van der Waals surface area contributed by atoms with Gasteiger partial charge in [0, 0.05) is 12.3 Å². The molecule has 1 aromatic carbocycles. The Balaban J connectivity index is 1.96. The second-order valence-corrected chi connectivity index (χ2v) is 4.83. The predicted octanol–water partition coefficient (Wildman–Crippen LogP) is 2.62. The first-order valence-corrected chi connectivity index (χ1v) is 6.77. The molecule has 0 unspecified atom stereocenters. The zero-order chi connectivity index (χ0) is 12.8. The molecular formula is C15H22N2O. The Labute approximate surface area is 109 Å². The fraction of sp³-hybridized carbons (Fsp3) is 0.533. The van der Waals surface area contributed by atoms with Gasteiger partial charge in [-0.15, -0.1) is 0 Å². The first-order valence-electron chi connectivity index (χ1n) is 6.77. The van der Waals surface area contributed by atoms with Crippen molar-refractivity contribution < 1.29 is 5.11 Å². The van der Waals surface area contributed by atoms with Crippen molar-refractivity contribution in [2.45, 2.75) is 32.2 Å². The average molecular weight is 246 g/mol. The lowest BCUT2D eigenvalue weighted by Gasteiger charge is -2.25. The minimum Gasteiger partial charge on any atom is -0.394 e. The van der Waals surface area contributed by atoms with Crippen LogP contribution < -0.4 is 0 Å². The van der Waals surface area contributed by atoms with Crippen LogP contribution in [0.4, 0.5) is 0 Å². The Kier molecular flexibility index (Phi) is 4.90. The minimum atomic E-state index is 0.0778. The van der Waals surface area contributed by atoms with E-state index in [1.807, 2.05) is 18.2 Å². The smallest absolute Gasteiger partial charge is 0.0918 e. The monoisotopic (exact) mass is 246 g/mol. The molecule has 0 bridgehead atoms. The van der Waals surface area contributed by atoms with Gasteiger partial charge in [0.1, 0.15) is 0 Å². The number of rotatable bonds is 6. The summed E-state index contributed by atoms with van der Waals surface area (Å²) < 4.78 is 0. The number of benzene rings is 1. The Bertz CT molecular complexity index is 389. The van der Waals surface area contributed by atoms with Gasteiger partial charge in [-0.25, -0.2) is 0 Å². The van der Waals surface area contributed by atoms with E-state index in [1.54, 1.807) is 0 Å². The molecule has 1 aliphatic heterocycles. The summed E-state index contributed by atoms with van der Waals surface area (Å²) in [4.78, 5) is 6.83. The van der Waals surface area contributed by atoms with Crippen molar-refractivity contribution in [3.05, 3.63) is 35.9 Å². The summed E-state index contributed by atoms with van der Waals surface area (Å²) in [7, 11) is 0. The van der Waals surface area contributed by atoms with E-state index < -0.39 is 0 Å². The van der Waals surface area contributed by atoms with Gasteiger partial charge in [-0.05, 0) is 18.4 Å². The summed E-state index contributed by atoms with van der Waals surface area (Å²) in [5, 5.41) is 9.61. The highest BCUT2D eigenvalue weighted by Gasteiger charge is 2.24. The van der Waals surface area contributed by atoms with E-state index in [1.165, 1.54) is 24.1 Å². The molecule has 0 radical (unpaired) electrons. The van der Waals surface area contributed by atoms with E-state index >= 15 is 0 Å². The second kappa shape index (κ2) is 6.66. The molecule has 0 amide bonds. The Morgan fingerprint density at radius 3 is 2.78 bits per heavy atom. The third kappa shape index (κ3) is 3.18. The molecule has 0 aliphatic carbocycles. The molecular weight excluding hydrogens is 224 g/mol. The molecule has 98 valence electrons. The molecule has 0 aromatic heterocycles. The number of unbranched alkanes of at least 4 members (excludes halogenated alkanes) is 1. The van der Waals surface area contributed by atoms with Crippen LogP contribution in [0.2, 0.25) is 0 Å². The van der Waals surface area contributed by atoms with Crippen molar-refractivity contribution in [2.24, 2.45) is 4.99 Å². The Morgan fingerprint density at radius 1 is 1.33 bits per heavy atom. The van der Waals surface area contributed by atoms with E-state index in [0.717, 1.165) is 19.6 Å². The number of aliphatic hydroxyl groups excluding tert-OH is 1. The van der Waals surface area contributed by atoms with Crippen LogP contribution in [0.3, 0.4) is 0 Å². The van der Waals surface area contributed by atoms with Gasteiger partial charge in [0.25, 0.3) is 0 Å². The van der Waals surface area contributed by atoms with E-state index in [9.17, 15) is 5.11 Å². The summed E-state index contributed by atoms with van der Waals surface area (Å²) >= 11 is 0. The second-order valence-electron chi connectivity index (χ2n) is 4.83. The van der Waals surface area contributed by atoms with Gasteiger partial charge in [-0.2, -0.15) is 0 Å². The van der Waals surface area contributed by atoms with Crippen LogP contribution in [-0.4, -0.2) is 35.5 Å². The van der Waals surface area contributed by atoms with Crippen molar-refractivity contribution in [3.63, 3.8) is 0 Å². The summed E-state index contributed by atoms with van der Waals surface area (Å²) in [6.45, 7) is 3.98. The van der Waals surface area contributed by atoms with Gasteiger partial charge < -0.3 is 5.11 Å². The molecule has 1 N–H and O–H groups in total. The summed E-state index contributed by atoms with van der Waals surface area (Å²) in [6.07, 6.45) is 3.52. The lowest BCUT2D eigenvalue weighted by molar-refractivity contribution is 0.148. The number of aliphatic hydroxyl groups is 1. The average Bonchev–Trinajstić information content (AvgIpc) is 2.87. The lowest BCUT2D eigenvalue weighted by Crippen LogP contribution is -2.30. The van der Waals surface area contributed by atoms with E-state index in [2.05, 4.69) is 28.9 Å². The standard InChI is InChI=1S/C15H22N2O/c1-2-3-9-14-10-17(12-16-14)15(11-18)13-7-5-4-6-8-13/h4-8,15,18H,2-3,9-12H2,1H3/t15-/m0/s1. The largest absolute Gasteiger partial charge is 0.394 e. The van der Waals surface area contributed by atoms with Crippen molar-refractivity contribution >= 4 is 5.71 Å². The fourth-order valence-corrected chi connectivity index (χ4v) is 2.38. The zero-order valence-corrected chi connectivity index (χ0v) is 11.0. The van der Waals surface area contributed by atoms with Gasteiger partial charge >= 0.3 is 0 Å². The van der Waals surface area contributed by atoms with Gasteiger partial charge in [-0.1, -0.05) is 43.7 Å². The number of hydrogen-bond donors (Lipinski definition) is 1. The molecule has 0 spiro atoms. The third-order valence-electron chi connectivity index (χ3n) is 3.48. The van der Waals surface area contributed by atoms with Crippen molar-refractivity contribution in [2.75, 3.05) is 19.8 Å². The highest BCUT2D eigenvalue weighted by molar-refractivity contribution is 5.87. The molecule has 1 aliphatic rings. The van der Waals surface area contributed by atoms with Gasteiger partial charge in [0.05, 0.1) is 19.3 Å². The lowest BCUT2D eigenvalue weighted by atomic mass is 10.1. The molecule has 0 saturated carbocycles. The van der Waals surface area contributed by atoms with Crippen LogP contribution in [0.1, 0.15) is 37.8 Å². The molecule has 1 heterocycles. The van der Waals surface area contributed by atoms with Crippen molar-refractivity contribution in [1.29, 1.82) is 0 Å². The number of hydrogen-bond acceptors (Lipinski definition) is 3. The maximum absolute atomic E-state index is 9.61. The first kappa shape index (κ1) is 13.2. The highest BCUT2D eigenvalue weighted by Crippen LogP contribution is 2.23. The molecule has 1 atom stereocenters. The van der Waals surface area contributed by atoms with Crippen LogP contribution in [0.15, 0.2) is 35.3 Å². The van der Waals surface area contributed by atoms with Crippen LogP contribution in [0.5, 0.6) is 0 Å². The highest BCUT2D eigenvalue weighted by atomic mass is 16.3. The summed E-state index contributed by atoms with van der Waals surface area (Å²) in [5.41, 5.74) is 2.46. The van der Waals surface area contributed by atoms with Crippen LogP contribution in [-0.2, 0) is 0 Å². The van der Waals surface area contributed by atoms with Gasteiger partial charge in [-0.3, -0.25) is 9.89 Å². The normalized spacial score (nSPS) is 17.8.